The second kappa shape index (κ2) is 4.47. The highest BCUT2D eigenvalue weighted by molar-refractivity contribution is 5.32. The van der Waals surface area contributed by atoms with Crippen LogP contribution in [0.5, 0.6) is 0 Å². The predicted molar refractivity (Wildman–Crippen MR) is 42.8 cm³/mol. The minimum Gasteiger partial charge on any atom is -0.395 e. The molecule has 1 heterocycles. The van der Waals surface area contributed by atoms with Gasteiger partial charge in [-0.15, -0.1) is 0 Å². The number of rotatable bonds is 1. The number of hydrogen-bond acceptors (Lipinski definition) is 2. The summed E-state index contributed by atoms with van der Waals surface area (Å²) in [6.45, 7) is 0.0283. The molecule has 0 saturated carbocycles. The first-order valence-corrected chi connectivity index (χ1v) is 3.54. The third-order valence-electron chi connectivity index (χ3n) is 1.20. The Morgan fingerprint density at radius 2 is 2.42 bits per heavy atom. The number of aliphatic hydroxyl groups is 1. The fraction of sp³-hybridized carbons (Fsp3) is 0.222. The molecule has 0 aliphatic carbocycles. The summed E-state index contributed by atoms with van der Waals surface area (Å²) >= 11 is 0. The Labute approximate surface area is 70.1 Å². The summed E-state index contributed by atoms with van der Waals surface area (Å²) in [7, 11) is 0. The molecule has 0 spiro atoms. The molecular weight excluding hydrogens is 157 g/mol. The van der Waals surface area contributed by atoms with E-state index in [9.17, 15) is 4.39 Å². The van der Waals surface area contributed by atoms with Gasteiger partial charge in [0.25, 0.3) is 0 Å². The maximum Gasteiger partial charge on any atom is 0.214 e. The van der Waals surface area contributed by atoms with E-state index < -0.39 is 5.95 Å². The summed E-state index contributed by atoms with van der Waals surface area (Å²) in [4.78, 5) is 3.38. The van der Waals surface area contributed by atoms with Gasteiger partial charge in [-0.1, -0.05) is 11.8 Å². The molecule has 0 saturated heterocycles. The van der Waals surface area contributed by atoms with Gasteiger partial charge in [-0.2, -0.15) is 4.39 Å². The van der Waals surface area contributed by atoms with Gasteiger partial charge in [0.05, 0.1) is 6.61 Å². The molecule has 0 amide bonds. The quantitative estimate of drug-likeness (QED) is 0.496. The normalized spacial score (nSPS) is 8.83. The van der Waals surface area contributed by atoms with Crippen LogP contribution in [0.1, 0.15) is 12.0 Å². The zero-order chi connectivity index (χ0) is 8.81. The van der Waals surface area contributed by atoms with E-state index in [1.807, 2.05) is 0 Å². The molecule has 0 bridgehead atoms. The molecule has 1 aromatic heterocycles. The van der Waals surface area contributed by atoms with Crippen LogP contribution in [0.2, 0.25) is 0 Å². The lowest BCUT2D eigenvalue weighted by atomic mass is 10.2. The van der Waals surface area contributed by atoms with Crippen LogP contribution in [0, 0.1) is 17.8 Å². The molecule has 0 aliphatic rings. The highest BCUT2D eigenvalue weighted by Crippen LogP contribution is 1.97. The highest BCUT2D eigenvalue weighted by Gasteiger charge is 1.90. The van der Waals surface area contributed by atoms with E-state index in [-0.39, 0.29) is 6.61 Å². The monoisotopic (exact) mass is 165 g/mol. The van der Waals surface area contributed by atoms with E-state index in [2.05, 4.69) is 16.8 Å². The summed E-state index contributed by atoms with van der Waals surface area (Å²) in [5.41, 5.74) is 0.580. The van der Waals surface area contributed by atoms with Gasteiger partial charge in [-0.05, 0) is 6.07 Å². The predicted octanol–water partition coefficient (Wildman–Crippen LogP) is 0.955. The van der Waals surface area contributed by atoms with Gasteiger partial charge < -0.3 is 5.11 Å². The summed E-state index contributed by atoms with van der Waals surface area (Å²) in [5.74, 6) is 4.84. The van der Waals surface area contributed by atoms with E-state index in [0.29, 0.717) is 12.0 Å². The second-order valence-electron chi connectivity index (χ2n) is 2.14. The topological polar surface area (TPSA) is 33.1 Å². The lowest BCUT2D eigenvalue weighted by Crippen LogP contribution is -1.83. The first-order valence-electron chi connectivity index (χ1n) is 3.54. The van der Waals surface area contributed by atoms with Gasteiger partial charge in [0.15, 0.2) is 0 Å². The van der Waals surface area contributed by atoms with Gasteiger partial charge >= 0.3 is 0 Å². The van der Waals surface area contributed by atoms with Crippen molar-refractivity contribution in [3.8, 4) is 11.8 Å². The molecule has 0 unspecified atom stereocenters. The summed E-state index contributed by atoms with van der Waals surface area (Å²) in [6.07, 6.45) is 1.77. The molecule has 0 aromatic carbocycles. The average Bonchev–Trinajstić information content (AvgIpc) is 2.05. The van der Waals surface area contributed by atoms with E-state index in [0.717, 1.165) is 0 Å². The van der Waals surface area contributed by atoms with Crippen LogP contribution in [0.15, 0.2) is 18.3 Å². The first-order chi connectivity index (χ1) is 5.83. The van der Waals surface area contributed by atoms with Crippen molar-refractivity contribution < 1.29 is 9.50 Å². The van der Waals surface area contributed by atoms with Gasteiger partial charge in [0.2, 0.25) is 5.95 Å². The molecule has 0 aliphatic heterocycles. The smallest absolute Gasteiger partial charge is 0.214 e. The molecule has 1 N–H and O–H groups in total. The Balaban J connectivity index is 2.71. The third kappa shape index (κ3) is 2.69. The Morgan fingerprint density at radius 3 is 3.08 bits per heavy atom. The SMILES string of the molecule is OCCC#Cc1ccnc(F)c1. The number of hydrogen-bond donors (Lipinski definition) is 1. The Morgan fingerprint density at radius 1 is 1.58 bits per heavy atom. The third-order valence-corrected chi connectivity index (χ3v) is 1.20. The van der Waals surface area contributed by atoms with Crippen molar-refractivity contribution in [1.82, 2.24) is 4.98 Å². The molecular formula is C9H8FNO. The molecule has 1 rings (SSSR count). The van der Waals surface area contributed by atoms with Gasteiger partial charge in [0, 0.05) is 24.2 Å². The number of aromatic nitrogens is 1. The molecule has 62 valence electrons. The second-order valence-corrected chi connectivity index (χ2v) is 2.14. The van der Waals surface area contributed by atoms with E-state index in [1.54, 1.807) is 6.07 Å². The van der Waals surface area contributed by atoms with Crippen LogP contribution in [-0.2, 0) is 0 Å². The number of pyridine rings is 1. The molecule has 2 nitrogen and oxygen atoms in total. The zero-order valence-electron chi connectivity index (χ0n) is 6.42. The molecule has 0 radical (unpaired) electrons. The van der Waals surface area contributed by atoms with E-state index in [1.165, 1.54) is 12.3 Å². The minimum atomic E-state index is -0.536. The average molecular weight is 165 g/mol. The lowest BCUT2D eigenvalue weighted by Gasteiger charge is -1.88. The minimum absolute atomic E-state index is 0.0283. The van der Waals surface area contributed by atoms with Crippen molar-refractivity contribution in [2.45, 2.75) is 6.42 Å². The van der Waals surface area contributed by atoms with Crippen LogP contribution in [0.4, 0.5) is 4.39 Å². The molecule has 3 heteroatoms. The van der Waals surface area contributed by atoms with Crippen LogP contribution in [0.3, 0.4) is 0 Å². The molecule has 0 atom stereocenters. The molecule has 0 fully saturated rings. The Bertz CT molecular complexity index is 314. The standard InChI is InChI=1S/C9H8FNO/c10-9-7-8(4-5-11-9)3-1-2-6-12/h4-5,7,12H,2,6H2. The van der Waals surface area contributed by atoms with Crippen molar-refractivity contribution in [2.24, 2.45) is 0 Å². The first kappa shape index (κ1) is 8.69. The van der Waals surface area contributed by atoms with Gasteiger partial charge in [-0.25, -0.2) is 4.98 Å². The van der Waals surface area contributed by atoms with Crippen LogP contribution < -0.4 is 0 Å². The number of nitrogens with zero attached hydrogens (tertiary/aromatic N) is 1. The lowest BCUT2D eigenvalue weighted by molar-refractivity contribution is 0.305. The molecule has 12 heavy (non-hydrogen) atoms. The van der Waals surface area contributed by atoms with E-state index >= 15 is 0 Å². The Hall–Kier alpha value is -1.40. The summed E-state index contributed by atoms with van der Waals surface area (Å²) < 4.78 is 12.4. The summed E-state index contributed by atoms with van der Waals surface area (Å²) in [5, 5.41) is 8.41. The van der Waals surface area contributed by atoms with Gasteiger partial charge in [-0.3, -0.25) is 0 Å². The highest BCUT2D eigenvalue weighted by atomic mass is 19.1. The Kier molecular flexibility index (Phi) is 3.24. The van der Waals surface area contributed by atoms with Crippen molar-refractivity contribution in [1.29, 1.82) is 0 Å². The number of aliphatic hydroxyl groups excluding tert-OH is 1. The van der Waals surface area contributed by atoms with E-state index in [4.69, 9.17) is 5.11 Å². The van der Waals surface area contributed by atoms with Crippen LogP contribution >= 0.6 is 0 Å². The maximum atomic E-state index is 12.4. The number of halogens is 1. The van der Waals surface area contributed by atoms with Crippen molar-refractivity contribution in [2.75, 3.05) is 6.61 Å². The van der Waals surface area contributed by atoms with Crippen LogP contribution in [-0.4, -0.2) is 16.7 Å². The maximum absolute atomic E-state index is 12.4. The fourth-order valence-electron chi connectivity index (χ4n) is 0.701. The van der Waals surface area contributed by atoms with Crippen molar-refractivity contribution in [3.63, 3.8) is 0 Å². The van der Waals surface area contributed by atoms with Crippen molar-refractivity contribution >= 4 is 0 Å². The largest absolute Gasteiger partial charge is 0.395 e. The fourth-order valence-corrected chi connectivity index (χ4v) is 0.701. The van der Waals surface area contributed by atoms with Crippen molar-refractivity contribution in [3.05, 3.63) is 29.8 Å². The molecule has 1 aromatic rings. The van der Waals surface area contributed by atoms with Gasteiger partial charge in [0.1, 0.15) is 0 Å². The summed E-state index contributed by atoms with van der Waals surface area (Å²) in [6, 6.07) is 2.87. The van der Waals surface area contributed by atoms with Crippen LogP contribution in [0.25, 0.3) is 0 Å². The zero-order valence-corrected chi connectivity index (χ0v) is 6.42.